The van der Waals surface area contributed by atoms with E-state index in [1.54, 1.807) is 36.7 Å². The van der Waals surface area contributed by atoms with Gasteiger partial charge in [-0.1, -0.05) is 30.3 Å². The number of carbonyl (C=O) groups is 2. The van der Waals surface area contributed by atoms with E-state index in [1.807, 2.05) is 53.9 Å². The summed E-state index contributed by atoms with van der Waals surface area (Å²) in [6, 6.07) is 18.4. The molecule has 3 aromatic rings. The van der Waals surface area contributed by atoms with Crippen LogP contribution in [0.15, 0.2) is 71.8 Å². The van der Waals surface area contributed by atoms with Gasteiger partial charge in [0.1, 0.15) is 12.3 Å². The Morgan fingerprint density at radius 2 is 2.03 bits per heavy atom. The predicted octanol–water partition coefficient (Wildman–Crippen LogP) is 3.84. The average molecular weight is 420 g/mol. The van der Waals surface area contributed by atoms with Crippen LogP contribution in [0.3, 0.4) is 0 Å². The lowest BCUT2D eigenvalue weighted by Crippen LogP contribution is -2.44. The molecule has 0 fully saturated rings. The minimum absolute atomic E-state index is 0.0972. The summed E-state index contributed by atoms with van der Waals surface area (Å²) in [6.45, 7) is 0.337. The maximum atomic E-state index is 13.1. The molecule has 2 aromatic carbocycles. The molecule has 1 N–H and O–H groups in total. The molecule has 1 aromatic heterocycles. The molecule has 0 saturated heterocycles. The molecule has 0 unspecified atom stereocenters. The highest BCUT2D eigenvalue weighted by Crippen LogP contribution is 2.35. The van der Waals surface area contributed by atoms with Crippen LogP contribution in [0.1, 0.15) is 10.4 Å². The first-order chi connectivity index (χ1) is 14.6. The first-order valence-electron chi connectivity index (χ1n) is 9.37. The SMILES string of the molecule is COc1cccc(/C=C2/Oc3ccccc3N(CC(=O)NCc3cccs3)C2=O)c1. The Morgan fingerprint density at radius 1 is 1.17 bits per heavy atom. The van der Waals surface area contributed by atoms with Gasteiger partial charge in [-0.25, -0.2) is 0 Å². The molecule has 2 amide bonds. The lowest BCUT2D eigenvalue weighted by Gasteiger charge is -2.30. The number of fused-ring (bicyclic) bond motifs is 1. The van der Waals surface area contributed by atoms with E-state index in [0.29, 0.717) is 23.7 Å². The zero-order valence-corrected chi connectivity index (χ0v) is 17.1. The van der Waals surface area contributed by atoms with E-state index in [4.69, 9.17) is 9.47 Å². The quantitative estimate of drug-likeness (QED) is 0.616. The van der Waals surface area contributed by atoms with Gasteiger partial charge in [-0.3, -0.25) is 14.5 Å². The number of hydrogen-bond donors (Lipinski definition) is 1. The maximum absolute atomic E-state index is 13.1. The Hall–Kier alpha value is -3.58. The Morgan fingerprint density at radius 3 is 2.83 bits per heavy atom. The fraction of sp³-hybridized carbons (Fsp3) is 0.130. The van der Waals surface area contributed by atoms with Gasteiger partial charge in [0.15, 0.2) is 11.5 Å². The fourth-order valence-electron chi connectivity index (χ4n) is 3.10. The van der Waals surface area contributed by atoms with Crippen molar-refractivity contribution in [2.75, 3.05) is 18.6 Å². The molecule has 1 aliphatic rings. The van der Waals surface area contributed by atoms with E-state index in [2.05, 4.69) is 5.32 Å². The van der Waals surface area contributed by atoms with Crippen molar-refractivity contribution in [1.29, 1.82) is 0 Å². The van der Waals surface area contributed by atoms with Crippen LogP contribution in [0, 0.1) is 0 Å². The van der Waals surface area contributed by atoms with Crippen LogP contribution >= 0.6 is 11.3 Å². The zero-order chi connectivity index (χ0) is 20.9. The second kappa shape index (κ2) is 8.84. The summed E-state index contributed by atoms with van der Waals surface area (Å²) in [5, 5.41) is 4.82. The lowest BCUT2D eigenvalue weighted by atomic mass is 10.1. The van der Waals surface area contributed by atoms with E-state index in [0.717, 1.165) is 10.4 Å². The van der Waals surface area contributed by atoms with E-state index in [1.165, 1.54) is 4.90 Å². The largest absolute Gasteiger partial charge is 0.497 e. The van der Waals surface area contributed by atoms with Crippen molar-refractivity contribution >= 4 is 34.9 Å². The second-order valence-electron chi connectivity index (χ2n) is 6.60. The van der Waals surface area contributed by atoms with Crippen molar-refractivity contribution in [2.45, 2.75) is 6.54 Å². The smallest absolute Gasteiger partial charge is 0.294 e. The molecule has 6 nitrogen and oxygen atoms in total. The number of carbonyl (C=O) groups excluding carboxylic acids is 2. The normalized spacial score (nSPS) is 14.2. The molecule has 0 aliphatic carbocycles. The molecule has 0 bridgehead atoms. The number of hydrogen-bond acceptors (Lipinski definition) is 5. The van der Waals surface area contributed by atoms with Gasteiger partial charge >= 0.3 is 0 Å². The van der Waals surface area contributed by atoms with Gasteiger partial charge in [0.05, 0.1) is 19.3 Å². The first kappa shape index (κ1) is 19.7. The highest BCUT2D eigenvalue weighted by molar-refractivity contribution is 7.09. The summed E-state index contributed by atoms with van der Waals surface area (Å²) in [4.78, 5) is 28.2. The standard InChI is InChI=1S/C23H20N2O4S/c1-28-17-7-4-6-16(12-17)13-21-23(27)25(19-9-2-3-10-20(19)29-21)15-22(26)24-14-18-8-5-11-30-18/h2-13H,14-15H2,1H3,(H,24,26)/b21-13+. The summed E-state index contributed by atoms with van der Waals surface area (Å²) in [5.74, 6) is 0.736. The van der Waals surface area contributed by atoms with Gasteiger partial charge in [0.25, 0.3) is 5.91 Å². The van der Waals surface area contributed by atoms with E-state index >= 15 is 0 Å². The second-order valence-corrected chi connectivity index (χ2v) is 7.63. The maximum Gasteiger partial charge on any atom is 0.294 e. The minimum Gasteiger partial charge on any atom is -0.497 e. The molecule has 152 valence electrons. The first-order valence-corrected chi connectivity index (χ1v) is 10.3. The van der Waals surface area contributed by atoms with Crippen molar-refractivity contribution in [3.8, 4) is 11.5 Å². The van der Waals surface area contributed by atoms with E-state index in [-0.39, 0.29) is 24.1 Å². The van der Waals surface area contributed by atoms with Gasteiger partial charge in [-0.15, -0.1) is 11.3 Å². The number of methoxy groups -OCH3 is 1. The van der Waals surface area contributed by atoms with Crippen molar-refractivity contribution in [2.24, 2.45) is 0 Å². The van der Waals surface area contributed by atoms with Crippen LogP contribution in [-0.2, 0) is 16.1 Å². The number of para-hydroxylation sites is 2. The van der Waals surface area contributed by atoms with Gasteiger partial charge in [0.2, 0.25) is 5.91 Å². The molecule has 2 heterocycles. The summed E-state index contributed by atoms with van der Waals surface area (Å²) >= 11 is 1.57. The van der Waals surface area contributed by atoms with Crippen molar-refractivity contribution in [3.63, 3.8) is 0 Å². The van der Waals surface area contributed by atoms with E-state index < -0.39 is 0 Å². The van der Waals surface area contributed by atoms with Crippen LogP contribution in [-0.4, -0.2) is 25.5 Å². The molecule has 4 rings (SSSR count). The van der Waals surface area contributed by atoms with Crippen LogP contribution in [0.4, 0.5) is 5.69 Å². The number of benzene rings is 2. The fourth-order valence-corrected chi connectivity index (χ4v) is 3.74. The minimum atomic E-state index is -0.372. The lowest BCUT2D eigenvalue weighted by molar-refractivity contribution is -0.123. The number of nitrogens with zero attached hydrogens (tertiary/aromatic N) is 1. The van der Waals surface area contributed by atoms with E-state index in [9.17, 15) is 9.59 Å². The van der Waals surface area contributed by atoms with Gasteiger partial charge < -0.3 is 14.8 Å². The molecule has 0 spiro atoms. The highest BCUT2D eigenvalue weighted by atomic mass is 32.1. The molecule has 1 aliphatic heterocycles. The molecule has 0 saturated carbocycles. The molecule has 30 heavy (non-hydrogen) atoms. The molecule has 7 heteroatoms. The van der Waals surface area contributed by atoms with Crippen LogP contribution in [0.2, 0.25) is 0 Å². The average Bonchev–Trinajstić information content (AvgIpc) is 3.29. The topological polar surface area (TPSA) is 67.9 Å². The number of ether oxygens (including phenoxy) is 2. The zero-order valence-electron chi connectivity index (χ0n) is 16.3. The summed E-state index contributed by atoms with van der Waals surface area (Å²) in [7, 11) is 1.58. The summed E-state index contributed by atoms with van der Waals surface area (Å²) < 4.78 is 11.1. The predicted molar refractivity (Wildman–Crippen MR) is 117 cm³/mol. The summed E-state index contributed by atoms with van der Waals surface area (Å²) in [6.07, 6.45) is 1.65. The number of amides is 2. The van der Waals surface area contributed by atoms with Gasteiger partial charge in [0, 0.05) is 4.88 Å². The Labute approximate surface area is 178 Å². The number of anilines is 1. The van der Waals surface area contributed by atoms with Crippen molar-refractivity contribution in [1.82, 2.24) is 5.32 Å². The third-order valence-corrected chi connectivity index (χ3v) is 5.44. The molecule has 0 atom stereocenters. The van der Waals surface area contributed by atoms with Crippen LogP contribution in [0.5, 0.6) is 11.5 Å². The third kappa shape index (κ3) is 4.36. The highest BCUT2D eigenvalue weighted by Gasteiger charge is 2.31. The van der Waals surface area contributed by atoms with Gasteiger partial charge in [-0.2, -0.15) is 0 Å². The van der Waals surface area contributed by atoms with Crippen LogP contribution < -0.4 is 19.7 Å². The Bertz CT molecular complexity index is 1090. The molecular weight excluding hydrogens is 400 g/mol. The number of nitrogens with one attached hydrogen (secondary N) is 1. The van der Waals surface area contributed by atoms with Crippen LogP contribution in [0.25, 0.3) is 6.08 Å². The number of thiophene rings is 1. The molecular formula is C23H20N2O4S. The van der Waals surface area contributed by atoms with Crippen molar-refractivity contribution in [3.05, 3.63) is 82.2 Å². The third-order valence-electron chi connectivity index (χ3n) is 4.57. The Balaban J connectivity index is 1.57. The number of rotatable bonds is 6. The summed E-state index contributed by atoms with van der Waals surface area (Å²) in [5.41, 5.74) is 1.33. The van der Waals surface area contributed by atoms with Crippen molar-refractivity contribution < 1.29 is 19.1 Å². The monoisotopic (exact) mass is 420 g/mol. The Kier molecular flexibility index (Phi) is 5.81. The molecule has 0 radical (unpaired) electrons. The van der Waals surface area contributed by atoms with Gasteiger partial charge in [-0.05, 0) is 47.4 Å².